The Morgan fingerprint density at radius 2 is 2.50 bits per heavy atom. The second kappa shape index (κ2) is 6.29. The Morgan fingerprint density at radius 3 is 3.00 bits per heavy atom. The van der Waals surface area contributed by atoms with Crippen LogP contribution in [0.3, 0.4) is 0 Å². The van der Waals surface area contributed by atoms with Gasteiger partial charge in [-0.05, 0) is 6.92 Å². The van der Waals surface area contributed by atoms with E-state index in [2.05, 4.69) is 16.0 Å². The monoisotopic (exact) mass is 167 g/mol. The van der Waals surface area contributed by atoms with Gasteiger partial charge in [-0.2, -0.15) is 0 Å². The Hall–Kier alpha value is -1.43. The fraction of sp³-hybridized carbons (Fsp3) is 0.444. The van der Waals surface area contributed by atoms with Crippen molar-refractivity contribution in [2.45, 2.75) is 19.4 Å². The molecule has 0 spiro atoms. The summed E-state index contributed by atoms with van der Waals surface area (Å²) < 4.78 is 4.39. The molecule has 3 nitrogen and oxygen atoms in total. The van der Waals surface area contributed by atoms with Crippen LogP contribution < -0.4 is 5.32 Å². The smallest absolute Gasteiger partial charge is 0.331 e. The Labute approximate surface area is 72.8 Å². The number of hydrogen-bond donors (Lipinski definition) is 1. The number of esters is 1. The third-order valence-electron chi connectivity index (χ3n) is 1.23. The lowest BCUT2D eigenvalue weighted by Gasteiger charge is -2.05. The van der Waals surface area contributed by atoms with E-state index in [4.69, 9.17) is 6.42 Å². The largest absolute Gasteiger partial charge is 0.466 e. The van der Waals surface area contributed by atoms with Crippen molar-refractivity contribution in [1.29, 1.82) is 0 Å². The van der Waals surface area contributed by atoms with Crippen molar-refractivity contribution < 1.29 is 9.53 Å². The summed E-state index contributed by atoms with van der Waals surface area (Å²) in [6, 6.07) is 0.177. The fourth-order valence-corrected chi connectivity index (χ4v) is 0.584. The minimum absolute atomic E-state index is 0.177. The summed E-state index contributed by atoms with van der Waals surface area (Å²) in [5, 5.41) is 2.92. The van der Waals surface area contributed by atoms with Gasteiger partial charge in [0.25, 0.3) is 0 Å². The van der Waals surface area contributed by atoms with E-state index in [-0.39, 0.29) is 12.0 Å². The topological polar surface area (TPSA) is 38.3 Å². The second-order valence-electron chi connectivity index (χ2n) is 2.33. The van der Waals surface area contributed by atoms with Crippen LogP contribution in [0.4, 0.5) is 0 Å². The average molecular weight is 167 g/mol. The molecule has 0 heterocycles. The summed E-state index contributed by atoms with van der Waals surface area (Å²) in [6.45, 7) is 1.93. The summed E-state index contributed by atoms with van der Waals surface area (Å²) in [7, 11) is 1.33. The molecule has 0 bridgehead atoms. The van der Waals surface area contributed by atoms with Gasteiger partial charge in [0.2, 0.25) is 0 Å². The highest BCUT2D eigenvalue weighted by Crippen LogP contribution is 1.87. The van der Waals surface area contributed by atoms with Crippen LogP contribution in [-0.4, -0.2) is 19.1 Å². The molecule has 0 aliphatic rings. The maximum atomic E-state index is 10.6. The number of hydrogen-bond acceptors (Lipinski definition) is 3. The lowest BCUT2D eigenvalue weighted by Crippen LogP contribution is -2.19. The van der Waals surface area contributed by atoms with Gasteiger partial charge in [-0.1, -0.05) is 0 Å². The van der Waals surface area contributed by atoms with Gasteiger partial charge < -0.3 is 10.1 Å². The number of nitrogens with one attached hydrogen (secondary N) is 1. The zero-order valence-electron chi connectivity index (χ0n) is 7.33. The van der Waals surface area contributed by atoms with Gasteiger partial charge in [0, 0.05) is 24.7 Å². The molecule has 1 atom stereocenters. The van der Waals surface area contributed by atoms with Crippen LogP contribution in [0.2, 0.25) is 0 Å². The molecule has 0 saturated heterocycles. The second-order valence-corrected chi connectivity index (χ2v) is 2.33. The standard InChI is InChI=1S/C9H13NO2/c1-4-5-8(2)10-7-6-9(11)12-3/h1,6-8,10H,5H2,2-3H3/b7-6+. The molecule has 0 fully saturated rings. The van der Waals surface area contributed by atoms with Gasteiger partial charge in [0.1, 0.15) is 0 Å². The first-order valence-electron chi connectivity index (χ1n) is 3.64. The van der Waals surface area contributed by atoms with E-state index in [0.717, 1.165) is 0 Å². The van der Waals surface area contributed by atoms with E-state index in [1.807, 2.05) is 6.92 Å². The van der Waals surface area contributed by atoms with Crippen molar-refractivity contribution in [2.75, 3.05) is 7.11 Å². The van der Waals surface area contributed by atoms with Crippen molar-refractivity contribution in [3.05, 3.63) is 12.3 Å². The number of terminal acetylenes is 1. The van der Waals surface area contributed by atoms with Crippen molar-refractivity contribution in [3.63, 3.8) is 0 Å². The van der Waals surface area contributed by atoms with Gasteiger partial charge in [0.05, 0.1) is 7.11 Å². The Kier molecular flexibility index (Phi) is 5.54. The van der Waals surface area contributed by atoms with Crippen LogP contribution in [0.15, 0.2) is 12.3 Å². The molecule has 0 saturated carbocycles. The van der Waals surface area contributed by atoms with Crippen LogP contribution in [0.1, 0.15) is 13.3 Å². The summed E-state index contributed by atoms with van der Waals surface area (Å²) in [5.74, 6) is 2.13. The predicted molar refractivity (Wildman–Crippen MR) is 47.2 cm³/mol. The van der Waals surface area contributed by atoms with Crippen LogP contribution in [-0.2, 0) is 9.53 Å². The van der Waals surface area contributed by atoms with Gasteiger partial charge in [-0.25, -0.2) is 4.79 Å². The highest BCUT2D eigenvalue weighted by atomic mass is 16.5. The van der Waals surface area contributed by atoms with Crippen molar-refractivity contribution in [3.8, 4) is 12.3 Å². The molecular weight excluding hydrogens is 154 g/mol. The summed E-state index contributed by atoms with van der Waals surface area (Å²) in [6.07, 6.45) is 8.56. The van der Waals surface area contributed by atoms with Gasteiger partial charge in [0.15, 0.2) is 0 Å². The van der Waals surface area contributed by atoms with Crippen LogP contribution in [0, 0.1) is 12.3 Å². The van der Waals surface area contributed by atoms with Crippen molar-refractivity contribution in [2.24, 2.45) is 0 Å². The van der Waals surface area contributed by atoms with Crippen molar-refractivity contribution >= 4 is 5.97 Å². The summed E-state index contributed by atoms with van der Waals surface area (Å²) in [5.41, 5.74) is 0. The summed E-state index contributed by atoms with van der Waals surface area (Å²) in [4.78, 5) is 10.6. The van der Waals surface area contributed by atoms with Gasteiger partial charge >= 0.3 is 5.97 Å². The zero-order valence-corrected chi connectivity index (χ0v) is 7.33. The highest BCUT2D eigenvalue weighted by Gasteiger charge is 1.94. The first kappa shape index (κ1) is 10.6. The SMILES string of the molecule is C#CCC(C)N/C=C/C(=O)OC. The van der Waals surface area contributed by atoms with Crippen molar-refractivity contribution in [1.82, 2.24) is 5.32 Å². The molecule has 0 radical (unpaired) electrons. The molecule has 1 unspecified atom stereocenters. The maximum absolute atomic E-state index is 10.6. The summed E-state index contributed by atoms with van der Waals surface area (Å²) >= 11 is 0. The molecule has 0 aliphatic heterocycles. The van der Waals surface area contributed by atoms with Gasteiger partial charge in [-0.15, -0.1) is 12.3 Å². The minimum atomic E-state index is -0.379. The molecule has 0 aromatic rings. The predicted octanol–water partition coefficient (Wildman–Crippen LogP) is 0.674. The van der Waals surface area contributed by atoms with E-state index in [1.165, 1.54) is 19.4 Å². The molecule has 0 amide bonds. The number of methoxy groups -OCH3 is 1. The molecule has 66 valence electrons. The fourth-order valence-electron chi connectivity index (χ4n) is 0.584. The number of rotatable bonds is 4. The van der Waals surface area contributed by atoms with Gasteiger partial charge in [-0.3, -0.25) is 0 Å². The Morgan fingerprint density at radius 1 is 1.83 bits per heavy atom. The molecule has 0 aromatic carbocycles. The third-order valence-corrected chi connectivity index (χ3v) is 1.23. The van der Waals surface area contributed by atoms with E-state index >= 15 is 0 Å². The molecule has 1 N–H and O–H groups in total. The first-order chi connectivity index (χ1) is 5.70. The Bertz CT molecular complexity index is 203. The van der Waals surface area contributed by atoms with E-state index in [9.17, 15) is 4.79 Å². The highest BCUT2D eigenvalue weighted by molar-refractivity contribution is 5.81. The molecule has 3 heteroatoms. The molecular formula is C9H13NO2. The van der Waals surface area contributed by atoms with E-state index in [0.29, 0.717) is 6.42 Å². The van der Waals surface area contributed by atoms with Crippen LogP contribution in [0.5, 0.6) is 0 Å². The third kappa shape index (κ3) is 5.36. The molecule has 0 rings (SSSR count). The minimum Gasteiger partial charge on any atom is -0.466 e. The molecule has 0 aromatic heterocycles. The quantitative estimate of drug-likeness (QED) is 0.380. The van der Waals surface area contributed by atoms with E-state index < -0.39 is 0 Å². The van der Waals surface area contributed by atoms with E-state index in [1.54, 1.807) is 0 Å². The maximum Gasteiger partial charge on any atom is 0.331 e. The number of ether oxygens (including phenoxy) is 1. The lowest BCUT2D eigenvalue weighted by molar-refractivity contribution is -0.134. The average Bonchev–Trinajstić information content (AvgIpc) is 2.04. The molecule has 12 heavy (non-hydrogen) atoms. The van der Waals surface area contributed by atoms with Crippen LogP contribution >= 0.6 is 0 Å². The first-order valence-corrected chi connectivity index (χ1v) is 3.64. The lowest BCUT2D eigenvalue weighted by atomic mass is 10.2. The molecule has 0 aliphatic carbocycles. The normalized spacial score (nSPS) is 12.1. The number of carbonyl (C=O) groups excluding carboxylic acids is 1. The Balaban J connectivity index is 3.61. The van der Waals surface area contributed by atoms with Crippen LogP contribution in [0.25, 0.3) is 0 Å². The number of carbonyl (C=O) groups is 1. The zero-order chi connectivity index (χ0) is 9.40.